The third-order valence-corrected chi connectivity index (χ3v) is 6.08. The van der Waals surface area contributed by atoms with E-state index >= 15 is 0 Å². The first kappa shape index (κ1) is 25.7. The molecule has 0 heterocycles. The lowest BCUT2D eigenvalue weighted by Gasteiger charge is -2.30. The number of nitrogens with one attached hydrogen (secondary N) is 1. The zero-order chi connectivity index (χ0) is 23.5. The Morgan fingerprint density at radius 2 is 1.91 bits per heavy atom. The Labute approximate surface area is 199 Å². The van der Waals surface area contributed by atoms with Crippen LogP contribution in [0.15, 0.2) is 46.9 Å². The number of hydrogen-bond acceptors (Lipinski definition) is 4. The molecule has 0 radical (unpaired) electrons. The molecule has 0 aliphatic carbocycles. The molecule has 0 aromatic heterocycles. The number of methoxy groups -OCH3 is 1. The summed E-state index contributed by atoms with van der Waals surface area (Å²) in [6, 6.07) is 12.5. The van der Waals surface area contributed by atoms with Crippen LogP contribution in [0.25, 0.3) is 0 Å². The van der Waals surface area contributed by atoms with Crippen LogP contribution in [-0.2, 0) is 16.1 Å². The molecule has 32 heavy (non-hydrogen) atoms. The number of benzene rings is 2. The van der Waals surface area contributed by atoms with E-state index in [-0.39, 0.29) is 18.4 Å². The maximum absolute atomic E-state index is 13.2. The Morgan fingerprint density at radius 1 is 1.12 bits per heavy atom. The van der Waals surface area contributed by atoms with E-state index in [1.165, 1.54) is 0 Å². The molecule has 7 heteroatoms. The van der Waals surface area contributed by atoms with E-state index < -0.39 is 6.04 Å². The van der Waals surface area contributed by atoms with Gasteiger partial charge in [-0.3, -0.25) is 9.59 Å². The van der Waals surface area contributed by atoms with Crippen molar-refractivity contribution >= 4 is 27.7 Å². The van der Waals surface area contributed by atoms with Crippen LogP contribution in [0, 0.1) is 6.92 Å². The maximum atomic E-state index is 13.2. The predicted octanol–water partition coefficient (Wildman–Crippen LogP) is 4.87. The van der Waals surface area contributed by atoms with Crippen LogP contribution in [-0.4, -0.2) is 43.0 Å². The number of carbonyl (C=O) groups excluding carboxylic acids is 2. The van der Waals surface area contributed by atoms with Gasteiger partial charge in [0.25, 0.3) is 5.91 Å². The number of hydrogen-bond donors (Lipinski definition) is 1. The molecule has 0 unspecified atom stereocenters. The second kappa shape index (κ2) is 13.1. The molecule has 6 nitrogen and oxygen atoms in total. The van der Waals surface area contributed by atoms with E-state index in [2.05, 4.69) is 28.2 Å². The molecule has 0 aliphatic rings. The largest absolute Gasteiger partial charge is 0.497 e. The van der Waals surface area contributed by atoms with Crippen LogP contribution in [0.5, 0.6) is 11.5 Å². The minimum Gasteiger partial charge on any atom is -0.497 e. The highest BCUT2D eigenvalue weighted by Gasteiger charge is 2.29. The first-order chi connectivity index (χ1) is 15.4. The molecule has 2 rings (SSSR count). The molecule has 0 spiro atoms. The van der Waals surface area contributed by atoms with Gasteiger partial charge in [-0.05, 0) is 61.2 Å². The van der Waals surface area contributed by atoms with Gasteiger partial charge in [0.15, 0.2) is 6.61 Å². The topological polar surface area (TPSA) is 67.9 Å². The van der Waals surface area contributed by atoms with Gasteiger partial charge in [-0.1, -0.05) is 48.3 Å². The highest BCUT2D eigenvalue weighted by atomic mass is 79.9. The SMILES string of the molecule is CCCCNC(=O)[C@@H](CC)N(Cc1cccc(OC)c1)C(=O)COc1ccc(Br)c(C)c1. The summed E-state index contributed by atoms with van der Waals surface area (Å²) in [4.78, 5) is 27.7. The first-order valence-corrected chi connectivity index (χ1v) is 11.8. The van der Waals surface area contributed by atoms with Crippen molar-refractivity contribution in [3.63, 3.8) is 0 Å². The highest BCUT2D eigenvalue weighted by Crippen LogP contribution is 2.22. The number of aryl methyl sites for hydroxylation is 1. The fourth-order valence-electron chi connectivity index (χ4n) is 3.33. The third kappa shape index (κ3) is 7.55. The van der Waals surface area contributed by atoms with Gasteiger partial charge in [0, 0.05) is 17.6 Å². The molecule has 1 N–H and O–H groups in total. The van der Waals surface area contributed by atoms with Crippen molar-refractivity contribution < 1.29 is 19.1 Å². The predicted molar refractivity (Wildman–Crippen MR) is 130 cm³/mol. The van der Waals surface area contributed by atoms with E-state index in [9.17, 15) is 9.59 Å². The highest BCUT2D eigenvalue weighted by molar-refractivity contribution is 9.10. The van der Waals surface area contributed by atoms with Crippen molar-refractivity contribution in [2.45, 2.75) is 52.6 Å². The Hall–Kier alpha value is -2.54. The number of rotatable bonds is 12. The molecule has 2 amide bonds. The number of unbranched alkanes of at least 4 members (excludes halogenated alkanes) is 1. The minimum atomic E-state index is -0.583. The fraction of sp³-hybridized carbons (Fsp3) is 0.440. The Balaban J connectivity index is 2.20. The van der Waals surface area contributed by atoms with Gasteiger partial charge < -0.3 is 19.7 Å². The van der Waals surface area contributed by atoms with Crippen LogP contribution in [0.3, 0.4) is 0 Å². The molecule has 0 saturated heterocycles. The standard InChI is InChI=1S/C25H33BrN2O4/c1-5-7-13-27-25(30)23(6-2)28(16-19-9-8-10-20(15-19)31-4)24(29)17-32-21-11-12-22(26)18(3)14-21/h8-12,14-15,23H,5-7,13,16-17H2,1-4H3,(H,27,30)/t23-/m1/s1. The van der Waals surface area contributed by atoms with Crippen LogP contribution >= 0.6 is 15.9 Å². The number of halogens is 1. The van der Waals surface area contributed by atoms with Gasteiger partial charge in [-0.15, -0.1) is 0 Å². The van der Waals surface area contributed by atoms with E-state index in [0.717, 1.165) is 28.4 Å². The number of ether oxygens (including phenoxy) is 2. The Bertz CT molecular complexity index is 903. The van der Waals surface area contributed by atoms with Crippen LogP contribution in [0.4, 0.5) is 0 Å². The summed E-state index contributed by atoms with van der Waals surface area (Å²) in [7, 11) is 1.60. The quantitative estimate of drug-likeness (QED) is 0.418. The monoisotopic (exact) mass is 504 g/mol. The third-order valence-electron chi connectivity index (χ3n) is 5.19. The smallest absolute Gasteiger partial charge is 0.261 e. The van der Waals surface area contributed by atoms with Gasteiger partial charge in [-0.25, -0.2) is 0 Å². The molecule has 1 atom stereocenters. The van der Waals surface area contributed by atoms with Crippen molar-refractivity contribution in [1.29, 1.82) is 0 Å². The summed E-state index contributed by atoms with van der Waals surface area (Å²) in [5.41, 5.74) is 1.90. The van der Waals surface area contributed by atoms with E-state index in [1.807, 2.05) is 56.3 Å². The van der Waals surface area contributed by atoms with Crippen LogP contribution in [0.1, 0.15) is 44.2 Å². The van der Waals surface area contributed by atoms with Gasteiger partial charge >= 0.3 is 0 Å². The molecule has 174 valence electrons. The van der Waals surface area contributed by atoms with E-state index in [4.69, 9.17) is 9.47 Å². The van der Waals surface area contributed by atoms with Crippen molar-refractivity contribution in [2.24, 2.45) is 0 Å². The van der Waals surface area contributed by atoms with Crippen LogP contribution < -0.4 is 14.8 Å². The molecule has 0 fully saturated rings. The van der Waals surface area contributed by atoms with Crippen molar-refractivity contribution in [2.75, 3.05) is 20.3 Å². The Morgan fingerprint density at radius 3 is 2.56 bits per heavy atom. The molecule has 2 aromatic rings. The van der Waals surface area contributed by atoms with Crippen molar-refractivity contribution in [1.82, 2.24) is 10.2 Å². The normalized spacial score (nSPS) is 11.5. The number of nitrogens with zero attached hydrogens (tertiary/aromatic N) is 1. The maximum Gasteiger partial charge on any atom is 0.261 e. The first-order valence-electron chi connectivity index (χ1n) is 11.0. The number of carbonyl (C=O) groups is 2. The summed E-state index contributed by atoms with van der Waals surface area (Å²) < 4.78 is 12.1. The van der Waals surface area contributed by atoms with Gasteiger partial charge in [0.2, 0.25) is 5.91 Å². The summed E-state index contributed by atoms with van der Waals surface area (Å²) in [6.07, 6.45) is 2.40. The van der Waals surface area contributed by atoms with Gasteiger partial charge in [0.1, 0.15) is 17.5 Å². The summed E-state index contributed by atoms with van der Waals surface area (Å²) in [5, 5.41) is 2.96. The Kier molecular flexibility index (Phi) is 10.5. The van der Waals surface area contributed by atoms with Crippen LogP contribution in [0.2, 0.25) is 0 Å². The molecular formula is C25H33BrN2O4. The molecular weight excluding hydrogens is 472 g/mol. The van der Waals surface area contributed by atoms with Gasteiger partial charge in [0.05, 0.1) is 7.11 Å². The average Bonchev–Trinajstić information content (AvgIpc) is 2.79. The second-order valence-electron chi connectivity index (χ2n) is 7.64. The summed E-state index contributed by atoms with van der Waals surface area (Å²) >= 11 is 3.47. The van der Waals surface area contributed by atoms with Gasteiger partial charge in [-0.2, -0.15) is 0 Å². The lowest BCUT2D eigenvalue weighted by Crippen LogP contribution is -2.50. The summed E-state index contributed by atoms with van der Waals surface area (Å²) in [5.74, 6) is 0.931. The van der Waals surface area contributed by atoms with E-state index in [1.54, 1.807) is 12.0 Å². The molecule has 2 aromatic carbocycles. The number of amides is 2. The zero-order valence-electron chi connectivity index (χ0n) is 19.3. The zero-order valence-corrected chi connectivity index (χ0v) is 20.9. The second-order valence-corrected chi connectivity index (χ2v) is 8.50. The lowest BCUT2D eigenvalue weighted by atomic mass is 10.1. The lowest BCUT2D eigenvalue weighted by molar-refractivity contribution is -0.143. The summed E-state index contributed by atoms with van der Waals surface area (Å²) in [6.45, 7) is 6.68. The average molecular weight is 505 g/mol. The molecule has 0 saturated carbocycles. The fourth-order valence-corrected chi connectivity index (χ4v) is 3.57. The van der Waals surface area contributed by atoms with Crippen molar-refractivity contribution in [3.8, 4) is 11.5 Å². The van der Waals surface area contributed by atoms with E-state index in [0.29, 0.717) is 31.0 Å². The molecule has 0 aliphatic heterocycles. The van der Waals surface area contributed by atoms with Crippen molar-refractivity contribution in [3.05, 3.63) is 58.1 Å². The minimum absolute atomic E-state index is 0.142. The molecule has 0 bridgehead atoms.